The predicted octanol–water partition coefficient (Wildman–Crippen LogP) is 5.50. The van der Waals surface area contributed by atoms with Crippen LogP contribution in [0.4, 0.5) is 5.69 Å². The van der Waals surface area contributed by atoms with Gasteiger partial charge in [0.05, 0.1) is 16.3 Å². The second-order valence-electron chi connectivity index (χ2n) is 5.60. The summed E-state index contributed by atoms with van der Waals surface area (Å²) in [4.78, 5) is 12.3. The molecule has 5 nitrogen and oxygen atoms in total. The Hall–Kier alpha value is -1.83. The summed E-state index contributed by atoms with van der Waals surface area (Å²) in [6.07, 6.45) is 0. The van der Waals surface area contributed by atoms with Crippen LogP contribution >= 0.6 is 39.3 Å². The van der Waals surface area contributed by atoms with Crippen LogP contribution in [0.3, 0.4) is 0 Å². The molecule has 0 atom stereocenters. The molecule has 1 N–H and O–H groups in total. The van der Waals surface area contributed by atoms with E-state index in [1.165, 1.54) is 11.8 Å². The van der Waals surface area contributed by atoms with Crippen molar-refractivity contribution in [2.45, 2.75) is 19.1 Å². The van der Waals surface area contributed by atoms with Gasteiger partial charge < -0.3 is 9.73 Å². The molecule has 3 rings (SSSR count). The molecule has 1 aromatic heterocycles. The fourth-order valence-electron chi connectivity index (χ4n) is 2.42. The summed E-state index contributed by atoms with van der Waals surface area (Å²) in [5.41, 5.74) is 3.48. The van der Waals surface area contributed by atoms with E-state index in [9.17, 15) is 4.79 Å². The molecular formula is C18H15BrClN3O2S. The summed E-state index contributed by atoms with van der Waals surface area (Å²) in [6.45, 7) is 3.91. The summed E-state index contributed by atoms with van der Waals surface area (Å²) < 4.78 is 6.57. The van der Waals surface area contributed by atoms with Crippen molar-refractivity contribution in [3.63, 3.8) is 0 Å². The Labute approximate surface area is 168 Å². The molecular weight excluding hydrogens is 438 g/mol. The van der Waals surface area contributed by atoms with Gasteiger partial charge in [-0.1, -0.05) is 51.4 Å². The quantitative estimate of drug-likeness (QED) is 0.518. The van der Waals surface area contributed by atoms with Gasteiger partial charge in [0, 0.05) is 10.2 Å². The van der Waals surface area contributed by atoms with Crippen LogP contribution in [0.25, 0.3) is 11.5 Å². The van der Waals surface area contributed by atoms with E-state index in [1.807, 2.05) is 38.1 Å². The summed E-state index contributed by atoms with van der Waals surface area (Å²) >= 11 is 10.8. The number of hydrogen-bond acceptors (Lipinski definition) is 5. The fourth-order valence-corrected chi connectivity index (χ4v) is 3.89. The number of aryl methyl sites for hydroxylation is 2. The average molecular weight is 453 g/mol. The molecule has 0 unspecified atom stereocenters. The Morgan fingerprint density at radius 3 is 2.62 bits per heavy atom. The number of amides is 1. The number of halogens is 2. The van der Waals surface area contributed by atoms with Crippen LogP contribution in [0.1, 0.15) is 11.1 Å². The Morgan fingerprint density at radius 2 is 1.92 bits per heavy atom. The highest BCUT2D eigenvalue weighted by molar-refractivity contribution is 9.10. The van der Waals surface area contributed by atoms with E-state index in [0.717, 1.165) is 21.3 Å². The number of nitrogens with zero attached hydrogens (tertiary/aromatic N) is 2. The average Bonchev–Trinajstić information content (AvgIpc) is 3.05. The number of carbonyl (C=O) groups is 1. The van der Waals surface area contributed by atoms with Gasteiger partial charge in [0.25, 0.3) is 5.22 Å². The first kappa shape index (κ1) is 18.9. The zero-order valence-corrected chi connectivity index (χ0v) is 17.2. The van der Waals surface area contributed by atoms with E-state index >= 15 is 0 Å². The lowest BCUT2D eigenvalue weighted by atomic mass is 10.1. The smallest absolute Gasteiger partial charge is 0.277 e. The lowest BCUT2D eigenvalue weighted by molar-refractivity contribution is -0.113. The predicted molar refractivity (Wildman–Crippen MR) is 108 cm³/mol. The first-order valence-corrected chi connectivity index (χ1v) is 9.87. The van der Waals surface area contributed by atoms with E-state index < -0.39 is 0 Å². The lowest BCUT2D eigenvalue weighted by Gasteiger charge is -2.11. The molecule has 0 aliphatic heterocycles. The number of hydrogen-bond donors (Lipinski definition) is 1. The number of carbonyl (C=O) groups excluding carboxylic acids is 1. The highest BCUT2D eigenvalue weighted by Crippen LogP contribution is 2.29. The first-order valence-electron chi connectivity index (χ1n) is 7.72. The van der Waals surface area contributed by atoms with Crippen molar-refractivity contribution < 1.29 is 9.21 Å². The summed E-state index contributed by atoms with van der Waals surface area (Å²) in [5, 5.41) is 11.7. The summed E-state index contributed by atoms with van der Waals surface area (Å²) in [5.74, 6) is 0.359. The van der Waals surface area contributed by atoms with E-state index in [1.54, 1.807) is 12.1 Å². The molecule has 0 spiro atoms. The van der Waals surface area contributed by atoms with Crippen LogP contribution in [0.5, 0.6) is 0 Å². The van der Waals surface area contributed by atoms with Crippen molar-refractivity contribution >= 4 is 50.9 Å². The molecule has 1 heterocycles. The van der Waals surface area contributed by atoms with Crippen molar-refractivity contribution in [3.05, 3.63) is 57.0 Å². The number of nitrogens with one attached hydrogen (secondary N) is 1. The molecule has 0 aliphatic rings. The minimum Gasteiger partial charge on any atom is -0.411 e. The SMILES string of the molecule is Cc1cc(Br)cc(C)c1NC(=O)CSc1nnc(-c2ccccc2Cl)o1. The molecule has 134 valence electrons. The maximum absolute atomic E-state index is 12.3. The van der Waals surface area contributed by atoms with Crippen LogP contribution in [-0.4, -0.2) is 21.9 Å². The molecule has 0 aliphatic carbocycles. The Morgan fingerprint density at radius 1 is 1.23 bits per heavy atom. The molecule has 0 radical (unpaired) electrons. The Balaban J connectivity index is 1.63. The number of rotatable bonds is 5. The van der Waals surface area contributed by atoms with Crippen molar-refractivity contribution in [2.24, 2.45) is 0 Å². The van der Waals surface area contributed by atoms with Gasteiger partial charge in [-0.15, -0.1) is 10.2 Å². The molecule has 3 aromatic rings. The monoisotopic (exact) mass is 451 g/mol. The van der Waals surface area contributed by atoms with Crippen LogP contribution < -0.4 is 5.32 Å². The number of thioether (sulfide) groups is 1. The van der Waals surface area contributed by atoms with Gasteiger partial charge in [0.2, 0.25) is 11.8 Å². The fraction of sp³-hybridized carbons (Fsp3) is 0.167. The van der Waals surface area contributed by atoms with Crippen LogP contribution in [0.15, 0.2) is 50.5 Å². The molecule has 2 aromatic carbocycles. The zero-order valence-electron chi connectivity index (χ0n) is 14.0. The van der Waals surface area contributed by atoms with Gasteiger partial charge in [-0.05, 0) is 49.2 Å². The first-order chi connectivity index (χ1) is 12.4. The second kappa shape index (κ2) is 8.24. The molecule has 0 fully saturated rings. The zero-order chi connectivity index (χ0) is 18.7. The molecule has 8 heteroatoms. The lowest BCUT2D eigenvalue weighted by Crippen LogP contribution is -2.15. The molecule has 0 bridgehead atoms. The largest absolute Gasteiger partial charge is 0.411 e. The van der Waals surface area contributed by atoms with Crippen molar-refractivity contribution in [2.75, 3.05) is 11.1 Å². The number of anilines is 1. The minimum atomic E-state index is -0.138. The van der Waals surface area contributed by atoms with E-state index in [2.05, 4.69) is 31.4 Å². The molecule has 0 saturated heterocycles. The standard InChI is InChI=1S/C18H15BrClN3O2S/c1-10-7-12(19)8-11(2)16(10)21-15(24)9-26-18-23-22-17(25-18)13-5-3-4-6-14(13)20/h3-8H,9H2,1-2H3,(H,21,24). The maximum atomic E-state index is 12.3. The van der Waals surface area contributed by atoms with Crippen molar-refractivity contribution in [1.29, 1.82) is 0 Å². The summed E-state index contributed by atoms with van der Waals surface area (Å²) in [7, 11) is 0. The minimum absolute atomic E-state index is 0.138. The van der Waals surface area contributed by atoms with Gasteiger partial charge in [-0.25, -0.2) is 0 Å². The van der Waals surface area contributed by atoms with E-state index in [4.69, 9.17) is 16.0 Å². The van der Waals surface area contributed by atoms with Crippen molar-refractivity contribution in [1.82, 2.24) is 10.2 Å². The van der Waals surface area contributed by atoms with Gasteiger partial charge in [-0.3, -0.25) is 4.79 Å². The highest BCUT2D eigenvalue weighted by atomic mass is 79.9. The third-order valence-electron chi connectivity index (χ3n) is 3.60. The van der Waals surface area contributed by atoms with Crippen LogP contribution in [0.2, 0.25) is 5.02 Å². The van der Waals surface area contributed by atoms with Gasteiger partial charge in [0.1, 0.15) is 0 Å². The highest BCUT2D eigenvalue weighted by Gasteiger charge is 2.14. The van der Waals surface area contributed by atoms with Gasteiger partial charge in [-0.2, -0.15) is 0 Å². The van der Waals surface area contributed by atoms with Gasteiger partial charge >= 0.3 is 0 Å². The topological polar surface area (TPSA) is 68.0 Å². The summed E-state index contributed by atoms with van der Waals surface area (Å²) in [6, 6.07) is 11.1. The van der Waals surface area contributed by atoms with E-state index in [-0.39, 0.29) is 11.7 Å². The third kappa shape index (κ3) is 4.47. The third-order valence-corrected chi connectivity index (χ3v) is 5.21. The van der Waals surface area contributed by atoms with Gasteiger partial charge in [0.15, 0.2) is 0 Å². The normalized spacial score (nSPS) is 10.8. The van der Waals surface area contributed by atoms with Crippen LogP contribution in [-0.2, 0) is 4.79 Å². The van der Waals surface area contributed by atoms with Crippen molar-refractivity contribution in [3.8, 4) is 11.5 Å². The molecule has 26 heavy (non-hydrogen) atoms. The number of aromatic nitrogens is 2. The molecule has 0 saturated carbocycles. The maximum Gasteiger partial charge on any atom is 0.277 e. The number of benzene rings is 2. The van der Waals surface area contributed by atoms with E-state index in [0.29, 0.717) is 21.7 Å². The van der Waals surface area contributed by atoms with Crippen LogP contribution in [0, 0.1) is 13.8 Å². The second-order valence-corrected chi connectivity index (χ2v) is 7.85. The molecule has 1 amide bonds. The Kier molecular flexibility index (Phi) is 6.01. The Bertz CT molecular complexity index is 938.